The van der Waals surface area contributed by atoms with Crippen LogP contribution < -0.4 is 4.74 Å². The third kappa shape index (κ3) is 2.44. The van der Waals surface area contributed by atoms with Crippen LogP contribution in [-0.2, 0) is 11.3 Å². The summed E-state index contributed by atoms with van der Waals surface area (Å²) < 4.78 is 7.65. The second-order valence-corrected chi connectivity index (χ2v) is 6.14. The molecule has 0 N–H and O–H groups in total. The van der Waals surface area contributed by atoms with Crippen LogP contribution in [0.2, 0.25) is 0 Å². The van der Waals surface area contributed by atoms with E-state index in [1.54, 1.807) is 7.11 Å². The number of nitrogens with zero attached hydrogens (tertiary/aromatic N) is 2. The second-order valence-electron chi connectivity index (χ2n) is 6.14. The van der Waals surface area contributed by atoms with Gasteiger partial charge in [0.25, 0.3) is 0 Å². The maximum atomic E-state index is 12.4. The summed E-state index contributed by atoms with van der Waals surface area (Å²) in [4.78, 5) is 14.4. The van der Waals surface area contributed by atoms with Crippen LogP contribution in [-0.4, -0.2) is 22.5 Å². The fraction of sp³-hybridized carbons (Fsp3) is 0.250. The van der Waals surface area contributed by atoms with Crippen molar-refractivity contribution in [3.63, 3.8) is 0 Å². The van der Waals surface area contributed by atoms with Gasteiger partial charge in [0.1, 0.15) is 11.9 Å². The van der Waals surface area contributed by atoms with E-state index in [2.05, 4.69) is 35.0 Å². The number of ether oxygens (including phenoxy) is 1. The van der Waals surface area contributed by atoms with E-state index in [0.29, 0.717) is 13.0 Å². The number of benzene rings is 2. The number of hydrogen-bond donors (Lipinski definition) is 0. The molecule has 2 heterocycles. The zero-order chi connectivity index (χ0) is 16.5. The van der Waals surface area contributed by atoms with Gasteiger partial charge in [0.15, 0.2) is 0 Å². The second kappa shape index (κ2) is 6.04. The van der Waals surface area contributed by atoms with Gasteiger partial charge >= 0.3 is 0 Å². The lowest BCUT2D eigenvalue weighted by molar-refractivity contribution is -0.130. The Morgan fingerprint density at radius 1 is 1.08 bits per heavy atom. The van der Waals surface area contributed by atoms with Crippen molar-refractivity contribution in [1.82, 2.24) is 9.47 Å². The van der Waals surface area contributed by atoms with E-state index in [1.165, 1.54) is 0 Å². The molecule has 2 aromatic carbocycles. The Kier molecular flexibility index (Phi) is 3.73. The SMILES string of the molecule is COc1cccc2c1ccn2[C@@H]1CCC(=O)N1Cc1ccccc1. The Hall–Kier alpha value is -2.75. The molecule has 1 aliphatic heterocycles. The maximum absolute atomic E-state index is 12.4. The summed E-state index contributed by atoms with van der Waals surface area (Å²) >= 11 is 0. The molecule has 1 saturated heterocycles. The van der Waals surface area contributed by atoms with Gasteiger partial charge in [-0.15, -0.1) is 0 Å². The molecule has 0 bridgehead atoms. The van der Waals surface area contributed by atoms with Gasteiger partial charge < -0.3 is 14.2 Å². The van der Waals surface area contributed by atoms with Crippen molar-refractivity contribution in [2.75, 3.05) is 7.11 Å². The van der Waals surface area contributed by atoms with E-state index in [1.807, 2.05) is 35.2 Å². The summed E-state index contributed by atoms with van der Waals surface area (Å²) in [6.45, 7) is 0.647. The lowest BCUT2D eigenvalue weighted by Crippen LogP contribution is -2.30. The first-order valence-electron chi connectivity index (χ1n) is 8.25. The molecule has 4 heteroatoms. The molecule has 1 amide bonds. The summed E-state index contributed by atoms with van der Waals surface area (Å²) in [5.74, 6) is 1.08. The number of hydrogen-bond acceptors (Lipinski definition) is 2. The first kappa shape index (κ1) is 14.8. The number of fused-ring (bicyclic) bond motifs is 1. The van der Waals surface area contributed by atoms with Crippen LogP contribution in [0.15, 0.2) is 60.8 Å². The standard InChI is InChI=1S/C20H20N2O2/c1-24-18-9-5-8-17-16(18)12-13-21(17)19-10-11-20(23)22(19)14-15-6-3-2-4-7-15/h2-9,12-13,19H,10-11,14H2,1H3/t19-/m0/s1. The van der Waals surface area contributed by atoms with Crippen molar-refractivity contribution in [3.05, 3.63) is 66.4 Å². The highest BCUT2D eigenvalue weighted by molar-refractivity contribution is 5.87. The van der Waals surface area contributed by atoms with Crippen LogP contribution in [0.4, 0.5) is 0 Å². The molecule has 1 atom stereocenters. The van der Waals surface area contributed by atoms with E-state index in [4.69, 9.17) is 4.74 Å². The van der Waals surface area contributed by atoms with Gasteiger partial charge in [-0.2, -0.15) is 0 Å². The van der Waals surface area contributed by atoms with Crippen molar-refractivity contribution >= 4 is 16.8 Å². The first-order valence-corrected chi connectivity index (χ1v) is 8.25. The fourth-order valence-electron chi connectivity index (χ4n) is 3.58. The topological polar surface area (TPSA) is 34.5 Å². The van der Waals surface area contributed by atoms with Gasteiger partial charge in [0, 0.05) is 24.5 Å². The van der Waals surface area contributed by atoms with Gasteiger partial charge in [0.2, 0.25) is 5.91 Å². The molecule has 0 aliphatic carbocycles. The summed E-state index contributed by atoms with van der Waals surface area (Å²) in [5, 5.41) is 1.08. The number of likely N-dealkylation sites (tertiary alicyclic amines) is 1. The van der Waals surface area contributed by atoms with Crippen molar-refractivity contribution in [3.8, 4) is 5.75 Å². The normalized spacial score (nSPS) is 17.6. The summed E-state index contributed by atoms with van der Waals surface area (Å²) in [5.41, 5.74) is 2.26. The molecule has 4 nitrogen and oxygen atoms in total. The average Bonchev–Trinajstić information content (AvgIpc) is 3.20. The molecule has 1 aromatic heterocycles. The summed E-state index contributed by atoms with van der Waals surface area (Å²) in [6.07, 6.45) is 3.56. The quantitative estimate of drug-likeness (QED) is 0.729. The van der Waals surface area contributed by atoms with Gasteiger partial charge in [0.05, 0.1) is 12.6 Å². The number of methoxy groups -OCH3 is 1. The van der Waals surface area contributed by atoms with Crippen molar-refractivity contribution in [2.24, 2.45) is 0 Å². The van der Waals surface area contributed by atoms with Crippen molar-refractivity contribution in [1.29, 1.82) is 0 Å². The molecule has 0 radical (unpaired) electrons. The fourth-order valence-corrected chi connectivity index (χ4v) is 3.58. The molecule has 0 unspecified atom stereocenters. The van der Waals surface area contributed by atoms with Gasteiger partial charge in [-0.05, 0) is 30.2 Å². The predicted octanol–water partition coefficient (Wildman–Crippen LogP) is 3.97. The number of rotatable bonds is 4. The Bertz CT molecular complexity index is 870. The lowest BCUT2D eigenvalue weighted by Gasteiger charge is -2.27. The Morgan fingerprint density at radius 2 is 1.92 bits per heavy atom. The Morgan fingerprint density at radius 3 is 2.71 bits per heavy atom. The average molecular weight is 320 g/mol. The van der Waals surface area contributed by atoms with Crippen molar-refractivity contribution < 1.29 is 9.53 Å². The van der Waals surface area contributed by atoms with Crippen molar-refractivity contribution in [2.45, 2.75) is 25.6 Å². The highest BCUT2D eigenvalue weighted by Crippen LogP contribution is 2.35. The molecular weight excluding hydrogens is 300 g/mol. The number of aromatic nitrogens is 1. The van der Waals surface area contributed by atoms with Crippen LogP contribution in [0.3, 0.4) is 0 Å². The van der Waals surface area contributed by atoms with E-state index in [0.717, 1.165) is 28.6 Å². The zero-order valence-corrected chi connectivity index (χ0v) is 13.7. The van der Waals surface area contributed by atoms with Crippen LogP contribution in [0.25, 0.3) is 10.9 Å². The van der Waals surface area contributed by atoms with Crippen LogP contribution >= 0.6 is 0 Å². The predicted molar refractivity (Wildman–Crippen MR) is 93.8 cm³/mol. The minimum atomic E-state index is 0.0577. The highest BCUT2D eigenvalue weighted by Gasteiger charge is 2.32. The third-order valence-corrected chi connectivity index (χ3v) is 4.76. The highest BCUT2D eigenvalue weighted by atomic mass is 16.5. The molecule has 4 rings (SSSR count). The van der Waals surface area contributed by atoms with Gasteiger partial charge in [-0.3, -0.25) is 4.79 Å². The zero-order valence-electron chi connectivity index (χ0n) is 13.7. The molecule has 3 aromatic rings. The molecule has 0 spiro atoms. The minimum absolute atomic E-state index is 0.0577. The van der Waals surface area contributed by atoms with E-state index < -0.39 is 0 Å². The van der Waals surface area contributed by atoms with Gasteiger partial charge in [-0.25, -0.2) is 0 Å². The molecule has 1 aliphatic rings. The molecule has 0 saturated carbocycles. The monoisotopic (exact) mass is 320 g/mol. The van der Waals surface area contributed by atoms with Crippen LogP contribution in [0.1, 0.15) is 24.6 Å². The van der Waals surface area contributed by atoms with Gasteiger partial charge in [-0.1, -0.05) is 36.4 Å². The number of carbonyl (C=O) groups is 1. The molecule has 1 fully saturated rings. The smallest absolute Gasteiger partial charge is 0.224 e. The molecular formula is C20H20N2O2. The van der Waals surface area contributed by atoms with E-state index in [-0.39, 0.29) is 12.1 Å². The maximum Gasteiger partial charge on any atom is 0.224 e. The lowest BCUT2D eigenvalue weighted by atomic mass is 10.2. The molecule has 122 valence electrons. The summed E-state index contributed by atoms with van der Waals surface area (Å²) in [6, 6.07) is 18.3. The number of carbonyl (C=O) groups excluding carboxylic acids is 1. The first-order chi connectivity index (χ1) is 11.8. The Balaban J connectivity index is 1.71. The minimum Gasteiger partial charge on any atom is -0.496 e. The third-order valence-electron chi connectivity index (χ3n) is 4.76. The largest absolute Gasteiger partial charge is 0.496 e. The molecule has 24 heavy (non-hydrogen) atoms. The summed E-state index contributed by atoms with van der Waals surface area (Å²) in [7, 11) is 1.69. The van der Waals surface area contributed by atoms with Crippen LogP contribution in [0, 0.1) is 0 Å². The van der Waals surface area contributed by atoms with E-state index in [9.17, 15) is 4.79 Å². The Labute approximate surface area is 141 Å². The van der Waals surface area contributed by atoms with E-state index >= 15 is 0 Å². The number of amides is 1. The van der Waals surface area contributed by atoms with Crippen LogP contribution in [0.5, 0.6) is 5.75 Å².